The fourth-order valence-electron chi connectivity index (χ4n) is 9.63. The van der Waals surface area contributed by atoms with E-state index in [0.29, 0.717) is 25.8 Å². The van der Waals surface area contributed by atoms with Crippen molar-refractivity contribution in [1.29, 1.82) is 0 Å². The third-order valence-corrected chi connectivity index (χ3v) is 14.1. The molecule has 288 valence electrons. The Hall–Kier alpha value is -2.60. The normalized spacial score (nSPS) is 37.4. The van der Waals surface area contributed by atoms with Crippen LogP contribution in [0.4, 0.5) is 4.79 Å². The molecule has 51 heavy (non-hydrogen) atoms. The molecule has 4 rings (SSSR count). The minimum Gasteiger partial charge on any atom is -0.461 e. The molecule has 0 radical (unpaired) electrons. The molecular weight excluding hydrogens is 673 g/mol. The molecule has 1 heterocycles. The van der Waals surface area contributed by atoms with Crippen LogP contribution in [0.1, 0.15) is 108 Å². The molecule has 12 heteroatoms. The van der Waals surface area contributed by atoms with E-state index in [1.807, 2.05) is 20.8 Å². The molecule has 1 saturated heterocycles. The van der Waals surface area contributed by atoms with E-state index in [1.54, 1.807) is 31.7 Å². The lowest BCUT2D eigenvalue weighted by Gasteiger charge is -2.61. The van der Waals surface area contributed by atoms with E-state index in [1.165, 1.54) is 18.7 Å². The zero-order valence-electron chi connectivity index (χ0n) is 32.4. The maximum Gasteiger partial charge on any atom is 0.408 e. The van der Waals surface area contributed by atoms with E-state index in [2.05, 4.69) is 32.7 Å². The molecule has 3 saturated carbocycles. The average Bonchev–Trinajstić information content (AvgIpc) is 3.39. The van der Waals surface area contributed by atoms with Crippen LogP contribution in [0.5, 0.6) is 0 Å². The SMILES string of the molecule is C=C[C@]1(C)C[C@@H](OC(=O)CSC2CCN(C(=O)C(NC(=O)OC(C)(C)C)C(C)C)CC2OC(C)=O)[C@]2(C)C(C)CCC3(CCC(=O)C32)[C@@H](C)C1O. The number of hydrogen-bond acceptors (Lipinski definition) is 10. The van der Waals surface area contributed by atoms with Gasteiger partial charge in [0.2, 0.25) is 5.91 Å². The first-order valence-corrected chi connectivity index (χ1v) is 19.8. The predicted octanol–water partition coefficient (Wildman–Crippen LogP) is 5.71. The molecule has 0 aromatic carbocycles. The summed E-state index contributed by atoms with van der Waals surface area (Å²) in [7, 11) is 0. The number of likely N-dealkylation sites (tertiary alicyclic amines) is 1. The molecule has 3 aliphatic carbocycles. The Bertz CT molecular complexity index is 1360. The summed E-state index contributed by atoms with van der Waals surface area (Å²) < 4.78 is 17.5. The van der Waals surface area contributed by atoms with Crippen LogP contribution in [0.25, 0.3) is 0 Å². The first kappa shape index (κ1) is 41.2. The molecule has 4 aliphatic rings. The summed E-state index contributed by atoms with van der Waals surface area (Å²) in [5.74, 6) is -1.57. The van der Waals surface area contributed by atoms with Gasteiger partial charge in [0.05, 0.1) is 18.4 Å². The molecule has 2 amide bonds. The van der Waals surface area contributed by atoms with Gasteiger partial charge in [-0.25, -0.2) is 4.79 Å². The van der Waals surface area contributed by atoms with Crippen LogP contribution in [-0.4, -0.2) is 93.8 Å². The van der Waals surface area contributed by atoms with E-state index < -0.39 is 58.8 Å². The summed E-state index contributed by atoms with van der Waals surface area (Å²) >= 11 is 1.33. The number of esters is 2. The van der Waals surface area contributed by atoms with Gasteiger partial charge in [-0.05, 0) is 76.0 Å². The average molecular weight is 735 g/mol. The maximum atomic E-state index is 13.8. The number of piperidine rings is 1. The largest absolute Gasteiger partial charge is 0.461 e. The number of amides is 2. The Morgan fingerprint density at radius 1 is 1.12 bits per heavy atom. The van der Waals surface area contributed by atoms with Crippen LogP contribution >= 0.6 is 11.8 Å². The molecule has 11 atom stereocenters. The highest BCUT2D eigenvalue weighted by Crippen LogP contribution is 2.68. The van der Waals surface area contributed by atoms with Crippen molar-refractivity contribution >= 4 is 41.5 Å². The second kappa shape index (κ2) is 15.4. The highest BCUT2D eigenvalue weighted by atomic mass is 32.2. The highest BCUT2D eigenvalue weighted by molar-refractivity contribution is 8.00. The van der Waals surface area contributed by atoms with E-state index in [-0.39, 0.29) is 58.3 Å². The van der Waals surface area contributed by atoms with Crippen molar-refractivity contribution in [3.8, 4) is 0 Å². The number of rotatable bonds is 9. The maximum absolute atomic E-state index is 13.8. The van der Waals surface area contributed by atoms with E-state index in [9.17, 15) is 29.1 Å². The van der Waals surface area contributed by atoms with Gasteiger partial charge in [-0.1, -0.05) is 47.6 Å². The quantitative estimate of drug-likeness (QED) is 0.172. The second-order valence-corrected chi connectivity index (χ2v) is 18.7. The molecule has 11 nitrogen and oxygen atoms in total. The van der Waals surface area contributed by atoms with Gasteiger partial charge >= 0.3 is 18.0 Å². The molecule has 7 unspecified atom stereocenters. The lowest BCUT2D eigenvalue weighted by molar-refractivity contribution is -0.205. The van der Waals surface area contributed by atoms with Gasteiger partial charge in [0, 0.05) is 41.9 Å². The third-order valence-electron chi connectivity index (χ3n) is 12.7. The molecule has 1 aliphatic heterocycles. The van der Waals surface area contributed by atoms with Crippen molar-refractivity contribution in [2.75, 3.05) is 18.8 Å². The van der Waals surface area contributed by atoms with Crippen molar-refractivity contribution in [3.63, 3.8) is 0 Å². The minimum atomic E-state index is -0.836. The Labute approximate surface area is 308 Å². The van der Waals surface area contributed by atoms with Gasteiger partial charge in [-0.3, -0.25) is 19.2 Å². The fourth-order valence-corrected chi connectivity index (χ4v) is 10.7. The second-order valence-electron chi connectivity index (χ2n) is 17.5. The third kappa shape index (κ3) is 8.31. The van der Waals surface area contributed by atoms with Gasteiger partial charge in [0.15, 0.2) is 0 Å². The number of nitrogens with zero attached hydrogens (tertiary/aromatic N) is 1. The first-order chi connectivity index (χ1) is 23.6. The summed E-state index contributed by atoms with van der Waals surface area (Å²) in [5, 5.41) is 14.2. The van der Waals surface area contributed by atoms with E-state index in [0.717, 1.165) is 19.3 Å². The van der Waals surface area contributed by atoms with Crippen LogP contribution in [0.15, 0.2) is 12.7 Å². The topological polar surface area (TPSA) is 149 Å². The molecule has 4 fully saturated rings. The Morgan fingerprint density at radius 3 is 2.37 bits per heavy atom. The summed E-state index contributed by atoms with van der Waals surface area (Å²) in [6.07, 6.45) is 2.81. The lowest BCUT2D eigenvalue weighted by atomic mass is 9.44. The number of hydrogen-bond donors (Lipinski definition) is 2. The summed E-state index contributed by atoms with van der Waals surface area (Å²) in [4.78, 5) is 67.5. The first-order valence-electron chi connectivity index (χ1n) is 18.7. The lowest BCUT2D eigenvalue weighted by Crippen LogP contribution is -2.63. The number of alkyl carbamates (subject to hydrolysis) is 1. The molecule has 0 aromatic rings. The minimum absolute atomic E-state index is 0.0142. The van der Waals surface area contributed by atoms with Crippen LogP contribution < -0.4 is 5.32 Å². The van der Waals surface area contributed by atoms with Gasteiger partial charge < -0.3 is 29.5 Å². The number of aliphatic hydroxyl groups is 1. The van der Waals surface area contributed by atoms with Gasteiger partial charge in [0.25, 0.3) is 0 Å². The Morgan fingerprint density at radius 2 is 1.78 bits per heavy atom. The van der Waals surface area contributed by atoms with Crippen molar-refractivity contribution in [2.24, 2.45) is 39.9 Å². The molecule has 2 N–H and O–H groups in total. The standard InChI is InChI=1S/C39H62N2O9S/c1-12-37(10)19-29(38(11)23(4)13-16-39(24(5)33(37)45)17-14-26(43)32(38)39)49-30(44)21-51-28-15-18-41(20-27(28)48-25(6)42)34(46)31(22(2)3)40-35(47)50-36(7,8)9/h12,22-24,27-29,31-33,45H,1,13-21H2,2-11H3,(H,40,47)/t23?,24-,27?,28?,29+,31?,32?,33?,37+,38-,39?/m0/s1. The predicted molar refractivity (Wildman–Crippen MR) is 196 cm³/mol. The summed E-state index contributed by atoms with van der Waals surface area (Å²) in [6, 6.07) is -0.836. The number of nitrogens with one attached hydrogen (secondary N) is 1. The smallest absolute Gasteiger partial charge is 0.408 e. The highest BCUT2D eigenvalue weighted by Gasteiger charge is 2.68. The zero-order chi connectivity index (χ0) is 38.3. The number of carbonyl (C=O) groups is 5. The number of aliphatic hydroxyl groups excluding tert-OH is 1. The number of thioether (sulfide) groups is 1. The van der Waals surface area contributed by atoms with Crippen LogP contribution in [0, 0.1) is 39.9 Å². The molecular formula is C39H62N2O9S. The summed E-state index contributed by atoms with van der Waals surface area (Å²) in [5.41, 5.74) is -2.43. The van der Waals surface area contributed by atoms with Gasteiger partial charge in [0.1, 0.15) is 29.6 Å². The number of Topliss-reactive ketones (excluding diaryl/α,β-unsaturated/α-hetero) is 1. The molecule has 0 aromatic heterocycles. The van der Waals surface area contributed by atoms with E-state index >= 15 is 0 Å². The number of carbonyl (C=O) groups excluding carboxylic acids is 5. The van der Waals surface area contributed by atoms with Gasteiger partial charge in [-0.15, -0.1) is 18.3 Å². The Balaban J connectivity index is 1.50. The fraction of sp³-hybridized carbons (Fsp3) is 0.821. The van der Waals surface area contributed by atoms with Crippen molar-refractivity contribution < 1.29 is 43.3 Å². The zero-order valence-corrected chi connectivity index (χ0v) is 33.2. The Kier molecular flexibility index (Phi) is 12.4. The monoisotopic (exact) mass is 734 g/mol. The summed E-state index contributed by atoms with van der Waals surface area (Å²) in [6.45, 7) is 23.1. The van der Waals surface area contributed by atoms with Crippen molar-refractivity contribution in [1.82, 2.24) is 10.2 Å². The van der Waals surface area contributed by atoms with Crippen LogP contribution in [0.3, 0.4) is 0 Å². The van der Waals surface area contributed by atoms with Crippen molar-refractivity contribution in [3.05, 3.63) is 12.7 Å². The van der Waals surface area contributed by atoms with Gasteiger partial charge in [-0.2, -0.15) is 0 Å². The molecule has 0 spiro atoms. The van der Waals surface area contributed by atoms with Crippen LogP contribution in [0.2, 0.25) is 0 Å². The van der Waals surface area contributed by atoms with Crippen LogP contribution in [-0.2, 0) is 33.4 Å². The molecule has 2 bridgehead atoms. The van der Waals surface area contributed by atoms with Crippen molar-refractivity contribution in [2.45, 2.75) is 143 Å². The number of ether oxygens (including phenoxy) is 3. The number of ketones is 1. The van der Waals surface area contributed by atoms with E-state index in [4.69, 9.17) is 14.2 Å².